The first-order chi connectivity index (χ1) is 37.1. The van der Waals surface area contributed by atoms with Gasteiger partial charge in [0.1, 0.15) is 22.3 Å². The van der Waals surface area contributed by atoms with Crippen LogP contribution in [-0.2, 0) is 0 Å². The fraction of sp³-hybridized carbons (Fsp3) is 0. The SMILES string of the molecule is c1ccc(-c2ccc(-c3nc(-c4ccccc4)nc(-c4ccc5c(c4)oc4ccc(-c6cccc(-c7cc8c(cc7-n7c9ccccc9c9cc(-c%10ccccc%10)ccc97)oc7ccccc78)c6)cc45)n3)cc2)cc1. The Morgan fingerprint density at radius 2 is 0.693 bits per heavy atom. The smallest absolute Gasteiger partial charge is 0.164 e. The monoisotopic (exact) mass is 958 g/mol. The van der Waals surface area contributed by atoms with Crippen molar-refractivity contribution in [2.24, 2.45) is 0 Å². The highest BCUT2D eigenvalue weighted by molar-refractivity contribution is 6.13. The first-order valence-corrected chi connectivity index (χ1v) is 25.2. The Morgan fingerprint density at radius 1 is 0.240 bits per heavy atom. The number of hydrogen-bond donors (Lipinski definition) is 0. The molecule has 11 aromatic carbocycles. The summed E-state index contributed by atoms with van der Waals surface area (Å²) in [5.41, 5.74) is 18.3. The van der Waals surface area contributed by atoms with E-state index in [0.29, 0.717) is 17.5 Å². The summed E-state index contributed by atoms with van der Waals surface area (Å²) in [7, 11) is 0. The molecule has 0 radical (unpaired) electrons. The predicted octanol–water partition coefficient (Wildman–Crippen LogP) is 18.4. The van der Waals surface area contributed by atoms with Gasteiger partial charge in [-0.25, -0.2) is 15.0 Å². The van der Waals surface area contributed by atoms with Crippen molar-refractivity contribution >= 4 is 65.7 Å². The van der Waals surface area contributed by atoms with Crippen LogP contribution in [0.4, 0.5) is 0 Å². The van der Waals surface area contributed by atoms with Crippen molar-refractivity contribution in [3.8, 4) is 84.4 Å². The summed E-state index contributed by atoms with van der Waals surface area (Å²) >= 11 is 0. The van der Waals surface area contributed by atoms with Crippen molar-refractivity contribution < 1.29 is 8.83 Å². The molecule has 4 heterocycles. The summed E-state index contributed by atoms with van der Waals surface area (Å²) in [6.45, 7) is 0. The third kappa shape index (κ3) is 7.30. The summed E-state index contributed by atoms with van der Waals surface area (Å²) in [5.74, 6) is 1.79. The van der Waals surface area contributed by atoms with Crippen molar-refractivity contribution in [1.82, 2.24) is 19.5 Å². The Kier molecular flexibility index (Phi) is 9.78. The van der Waals surface area contributed by atoms with Gasteiger partial charge in [0.2, 0.25) is 0 Å². The molecule has 0 saturated heterocycles. The van der Waals surface area contributed by atoms with Crippen LogP contribution in [0.25, 0.3) is 150 Å². The lowest BCUT2D eigenvalue weighted by Crippen LogP contribution is -2.00. The molecule has 4 aromatic heterocycles. The van der Waals surface area contributed by atoms with Crippen LogP contribution in [0.3, 0.4) is 0 Å². The molecule has 0 bridgehead atoms. The molecule has 0 spiro atoms. The second kappa shape index (κ2) is 17.3. The number of fused-ring (bicyclic) bond motifs is 9. The average molecular weight is 959 g/mol. The lowest BCUT2D eigenvalue weighted by molar-refractivity contribution is 0.668. The molecule has 0 amide bonds. The van der Waals surface area contributed by atoms with E-state index in [-0.39, 0.29) is 0 Å². The van der Waals surface area contributed by atoms with Crippen LogP contribution in [0.15, 0.2) is 264 Å². The zero-order chi connectivity index (χ0) is 49.4. The van der Waals surface area contributed by atoms with Crippen molar-refractivity contribution in [3.63, 3.8) is 0 Å². The summed E-state index contributed by atoms with van der Waals surface area (Å²) < 4.78 is 15.6. The van der Waals surface area contributed by atoms with E-state index in [1.807, 2.05) is 42.5 Å². The van der Waals surface area contributed by atoms with Crippen LogP contribution in [0.2, 0.25) is 0 Å². The molecule has 0 unspecified atom stereocenters. The number of furan rings is 2. The molecule has 75 heavy (non-hydrogen) atoms. The quantitative estimate of drug-likeness (QED) is 0.152. The number of rotatable bonds is 8. The standard InChI is InChI=1S/C69H42N4O2/c1-4-15-43(16-5-1)45-27-29-47(30-28-45)68-70-67(46-19-8-3-9-20-46)71-69(72-68)52-31-34-55-58-39-50(33-36-64(58)75-65(55)40-52)48-21-14-22-51(37-48)56-41-59-54-24-11-13-26-63(54)74-66(59)42-62(56)73-60-25-12-10-23-53(60)57-38-49(32-35-61(57)73)44-17-6-2-7-18-44/h1-42H. The molecule has 0 saturated carbocycles. The van der Waals surface area contributed by atoms with Gasteiger partial charge in [0.15, 0.2) is 17.5 Å². The minimum atomic E-state index is 0.574. The molecule has 15 aromatic rings. The van der Waals surface area contributed by atoms with Gasteiger partial charge < -0.3 is 13.4 Å². The highest BCUT2D eigenvalue weighted by atomic mass is 16.3. The Labute approximate surface area is 431 Å². The highest BCUT2D eigenvalue weighted by Crippen LogP contribution is 2.43. The van der Waals surface area contributed by atoms with Crippen LogP contribution in [0.5, 0.6) is 0 Å². The maximum Gasteiger partial charge on any atom is 0.164 e. The fourth-order valence-electron chi connectivity index (χ4n) is 11.0. The van der Waals surface area contributed by atoms with Gasteiger partial charge >= 0.3 is 0 Å². The minimum absolute atomic E-state index is 0.574. The maximum atomic E-state index is 6.63. The Balaban J connectivity index is 0.834. The lowest BCUT2D eigenvalue weighted by Gasteiger charge is -2.16. The zero-order valence-corrected chi connectivity index (χ0v) is 40.4. The van der Waals surface area contributed by atoms with E-state index in [4.69, 9.17) is 23.8 Å². The fourth-order valence-corrected chi connectivity index (χ4v) is 11.0. The molecule has 0 atom stereocenters. The van der Waals surface area contributed by atoms with Gasteiger partial charge in [-0.05, 0) is 99.6 Å². The number of hydrogen-bond acceptors (Lipinski definition) is 5. The van der Waals surface area contributed by atoms with E-state index in [1.165, 1.54) is 21.9 Å². The highest BCUT2D eigenvalue weighted by Gasteiger charge is 2.21. The van der Waals surface area contributed by atoms with Crippen LogP contribution < -0.4 is 0 Å². The van der Waals surface area contributed by atoms with Crippen molar-refractivity contribution in [1.29, 1.82) is 0 Å². The number of benzene rings is 11. The minimum Gasteiger partial charge on any atom is -0.456 e. The molecule has 350 valence electrons. The molecule has 0 aliphatic carbocycles. The summed E-state index contributed by atoms with van der Waals surface area (Å²) in [4.78, 5) is 15.1. The second-order valence-corrected chi connectivity index (χ2v) is 19.1. The number of aromatic nitrogens is 4. The first-order valence-electron chi connectivity index (χ1n) is 25.2. The number of nitrogens with zero attached hydrogens (tertiary/aromatic N) is 4. The molecular weight excluding hydrogens is 917 g/mol. The largest absolute Gasteiger partial charge is 0.456 e. The molecule has 0 fully saturated rings. The second-order valence-electron chi connectivity index (χ2n) is 19.1. The Morgan fingerprint density at radius 3 is 1.45 bits per heavy atom. The Bertz CT molecular complexity index is 4690. The Hall–Kier alpha value is -10.2. The molecule has 6 nitrogen and oxygen atoms in total. The predicted molar refractivity (Wildman–Crippen MR) is 307 cm³/mol. The van der Waals surface area contributed by atoms with E-state index in [0.717, 1.165) is 111 Å². The number of para-hydroxylation sites is 2. The first kappa shape index (κ1) is 42.5. The molecular formula is C69H42N4O2. The summed E-state index contributed by atoms with van der Waals surface area (Å²) in [5, 5.41) is 6.61. The van der Waals surface area contributed by atoms with E-state index >= 15 is 0 Å². The van der Waals surface area contributed by atoms with Crippen LogP contribution in [0.1, 0.15) is 0 Å². The van der Waals surface area contributed by atoms with E-state index in [2.05, 4.69) is 217 Å². The molecule has 0 N–H and O–H groups in total. The van der Waals surface area contributed by atoms with Crippen molar-refractivity contribution in [3.05, 3.63) is 255 Å². The normalized spacial score (nSPS) is 11.7. The molecule has 0 aliphatic heterocycles. The third-order valence-electron chi connectivity index (χ3n) is 14.7. The van der Waals surface area contributed by atoms with Crippen molar-refractivity contribution in [2.45, 2.75) is 0 Å². The van der Waals surface area contributed by atoms with Gasteiger partial charge in [0.05, 0.1) is 16.7 Å². The van der Waals surface area contributed by atoms with Crippen LogP contribution >= 0.6 is 0 Å². The van der Waals surface area contributed by atoms with E-state index < -0.39 is 0 Å². The van der Waals surface area contributed by atoms with Crippen LogP contribution in [0, 0.1) is 0 Å². The average Bonchev–Trinajstić information content (AvgIpc) is 4.16. The summed E-state index contributed by atoms with van der Waals surface area (Å²) in [6.07, 6.45) is 0. The zero-order valence-electron chi connectivity index (χ0n) is 40.4. The van der Waals surface area contributed by atoms with Gasteiger partial charge in [-0.1, -0.05) is 188 Å². The van der Waals surface area contributed by atoms with E-state index in [1.54, 1.807) is 0 Å². The third-order valence-corrected chi connectivity index (χ3v) is 14.7. The summed E-state index contributed by atoms with van der Waals surface area (Å²) in [6, 6.07) is 89.5. The van der Waals surface area contributed by atoms with Gasteiger partial charge in [-0.2, -0.15) is 0 Å². The van der Waals surface area contributed by atoms with Crippen molar-refractivity contribution in [2.75, 3.05) is 0 Å². The molecule has 6 heteroatoms. The molecule has 15 rings (SSSR count). The van der Waals surface area contributed by atoms with Gasteiger partial charge in [0, 0.05) is 60.6 Å². The topological polar surface area (TPSA) is 69.9 Å². The molecule has 0 aliphatic rings. The van der Waals surface area contributed by atoms with Gasteiger partial charge in [-0.3, -0.25) is 0 Å². The van der Waals surface area contributed by atoms with Crippen LogP contribution in [-0.4, -0.2) is 19.5 Å². The maximum absolute atomic E-state index is 6.63. The van der Waals surface area contributed by atoms with Gasteiger partial charge in [0.25, 0.3) is 0 Å². The lowest BCUT2D eigenvalue weighted by atomic mass is 9.95. The van der Waals surface area contributed by atoms with E-state index in [9.17, 15) is 0 Å². The van der Waals surface area contributed by atoms with Gasteiger partial charge in [-0.15, -0.1) is 0 Å².